The summed E-state index contributed by atoms with van der Waals surface area (Å²) in [5.41, 5.74) is 1.43. The van der Waals surface area contributed by atoms with Crippen LogP contribution in [0.25, 0.3) is 0 Å². The lowest BCUT2D eigenvalue weighted by Gasteiger charge is -2.33. The molecule has 1 fully saturated rings. The highest BCUT2D eigenvalue weighted by atomic mass is 79.9. The zero-order chi connectivity index (χ0) is 19.6. The van der Waals surface area contributed by atoms with Gasteiger partial charge in [-0.3, -0.25) is 0 Å². The number of aliphatic hydroxyl groups excluding tert-OH is 1. The molecule has 3 rings (SSSR count). The molecule has 4 nitrogen and oxygen atoms in total. The average Bonchev–Trinajstić information content (AvgIpc) is 2.71. The van der Waals surface area contributed by atoms with Crippen LogP contribution in [0.1, 0.15) is 18.4 Å². The van der Waals surface area contributed by atoms with Gasteiger partial charge in [-0.25, -0.2) is 0 Å². The first-order valence-corrected chi connectivity index (χ1v) is 10.9. The molecule has 28 heavy (non-hydrogen) atoms. The Kier molecular flexibility index (Phi) is 8.80. The van der Waals surface area contributed by atoms with E-state index in [4.69, 9.17) is 9.47 Å². The van der Waals surface area contributed by atoms with Gasteiger partial charge in [-0.1, -0.05) is 46.3 Å². The van der Waals surface area contributed by atoms with Crippen molar-refractivity contribution < 1.29 is 14.6 Å². The minimum atomic E-state index is -0.446. The van der Waals surface area contributed by atoms with E-state index in [-0.39, 0.29) is 0 Å². The van der Waals surface area contributed by atoms with Gasteiger partial charge < -0.3 is 19.5 Å². The van der Waals surface area contributed by atoms with Crippen molar-refractivity contribution in [3.8, 4) is 5.75 Å². The summed E-state index contributed by atoms with van der Waals surface area (Å²) >= 11 is 3.40. The van der Waals surface area contributed by atoms with Gasteiger partial charge in [-0.2, -0.15) is 0 Å². The highest BCUT2D eigenvalue weighted by Crippen LogP contribution is 2.21. The van der Waals surface area contributed by atoms with Crippen LogP contribution in [0.15, 0.2) is 59.1 Å². The van der Waals surface area contributed by atoms with E-state index < -0.39 is 6.10 Å². The van der Waals surface area contributed by atoms with E-state index in [1.165, 1.54) is 24.8 Å². The van der Waals surface area contributed by atoms with Crippen LogP contribution in [0.4, 0.5) is 0 Å². The molecule has 1 N–H and O–H groups in total. The van der Waals surface area contributed by atoms with E-state index >= 15 is 0 Å². The number of halogens is 1. The molecule has 0 unspecified atom stereocenters. The molecule has 0 spiro atoms. The van der Waals surface area contributed by atoms with Gasteiger partial charge in [-0.05, 0) is 68.1 Å². The van der Waals surface area contributed by atoms with Crippen molar-refractivity contribution in [2.45, 2.75) is 25.4 Å². The summed E-state index contributed by atoms with van der Waals surface area (Å²) in [6.07, 6.45) is 3.12. The van der Waals surface area contributed by atoms with E-state index in [1.54, 1.807) is 0 Å². The van der Waals surface area contributed by atoms with Crippen LogP contribution < -0.4 is 4.74 Å². The lowest BCUT2D eigenvalue weighted by molar-refractivity contribution is 0.00291. The first-order chi connectivity index (χ1) is 13.7. The minimum absolute atomic E-state index is 0.355. The zero-order valence-corrected chi connectivity index (χ0v) is 17.9. The fourth-order valence-corrected chi connectivity index (χ4v) is 3.90. The van der Waals surface area contributed by atoms with Gasteiger partial charge >= 0.3 is 0 Å². The number of hydrogen-bond acceptors (Lipinski definition) is 4. The molecule has 1 atom stereocenters. The number of β-amino-alcohol motifs (C(OH)–C–C–N with tert-alkyl or cyclic N) is 1. The second-order valence-electron chi connectivity index (χ2n) is 7.46. The summed E-state index contributed by atoms with van der Waals surface area (Å²) in [5, 5.41) is 10.2. The molecule has 0 bridgehead atoms. The minimum Gasteiger partial charge on any atom is -0.491 e. The maximum absolute atomic E-state index is 10.2. The van der Waals surface area contributed by atoms with E-state index in [2.05, 4.69) is 51.2 Å². The van der Waals surface area contributed by atoms with E-state index in [0.29, 0.717) is 26.4 Å². The Bertz CT molecular complexity index is 672. The van der Waals surface area contributed by atoms with Crippen LogP contribution in [0.2, 0.25) is 0 Å². The first-order valence-electron chi connectivity index (χ1n) is 10.1. The molecular weight excluding hydrogens is 418 g/mol. The van der Waals surface area contributed by atoms with Gasteiger partial charge in [0.05, 0.1) is 19.3 Å². The van der Waals surface area contributed by atoms with E-state index in [1.807, 2.05) is 24.3 Å². The van der Waals surface area contributed by atoms with Crippen molar-refractivity contribution in [1.29, 1.82) is 0 Å². The van der Waals surface area contributed by atoms with Gasteiger partial charge in [0.15, 0.2) is 0 Å². The predicted octanol–water partition coefficient (Wildman–Crippen LogP) is 4.16. The molecule has 0 amide bonds. The molecule has 1 heterocycles. The summed E-state index contributed by atoms with van der Waals surface area (Å²) in [4.78, 5) is 2.36. The van der Waals surface area contributed by atoms with Crippen molar-refractivity contribution >= 4 is 15.9 Å². The Morgan fingerprint density at radius 3 is 2.43 bits per heavy atom. The second kappa shape index (κ2) is 11.6. The Labute approximate surface area is 176 Å². The quantitative estimate of drug-likeness (QED) is 0.555. The van der Waals surface area contributed by atoms with Crippen molar-refractivity contribution in [3.63, 3.8) is 0 Å². The normalized spacial score (nSPS) is 16.8. The Morgan fingerprint density at radius 1 is 1.00 bits per heavy atom. The third-order valence-electron chi connectivity index (χ3n) is 5.16. The van der Waals surface area contributed by atoms with Gasteiger partial charge in [0.25, 0.3) is 0 Å². The molecule has 2 aromatic rings. The average molecular weight is 448 g/mol. The lowest BCUT2D eigenvalue weighted by Crippen LogP contribution is -2.40. The number of hydrogen-bond donors (Lipinski definition) is 1. The van der Waals surface area contributed by atoms with Crippen molar-refractivity contribution in [3.05, 3.63) is 64.6 Å². The predicted molar refractivity (Wildman–Crippen MR) is 116 cm³/mol. The summed E-state index contributed by atoms with van der Waals surface area (Å²) in [7, 11) is 0. The molecule has 5 heteroatoms. The van der Waals surface area contributed by atoms with Gasteiger partial charge in [0.2, 0.25) is 0 Å². The number of likely N-dealkylation sites (tertiary alicyclic amines) is 1. The van der Waals surface area contributed by atoms with Crippen molar-refractivity contribution in [2.24, 2.45) is 5.92 Å². The molecule has 1 saturated heterocycles. The van der Waals surface area contributed by atoms with Crippen LogP contribution >= 0.6 is 15.9 Å². The number of ether oxygens (including phenoxy) is 2. The smallest absolute Gasteiger partial charge is 0.119 e. The number of nitrogens with zero attached hydrogens (tertiary/aromatic N) is 1. The van der Waals surface area contributed by atoms with Crippen LogP contribution in [0.3, 0.4) is 0 Å². The third-order valence-corrected chi connectivity index (χ3v) is 5.69. The Hall–Kier alpha value is -1.40. The maximum Gasteiger partial charge on any atom is 0.119 e. The van der Waals surface area contributed by atoms with Gasteiger partial charge in [0, 0.05) is 11.0 Å². The highest BCUT2D eigenvalue weighted by molar-refractivity contribution is 9.10. The molecular formula is C23H30BrNO3. The Morgan fingerprint density at radius 2 is 1.71 bits per heavy atom. The largest absolute Gasteiger partial charge is 0.491 e. The SMILES string of the molecule is O[C@@H](COCCOc1ccc(Br)cc1)CN1CCC(Cc2ccccc2)CC1. The standard InChI is InChI=1S/C23H30BrNO3/c24-21-6-8-23(9-7-21)28-15-14-27-18-22(26)17-25-12-10-20(11-13-25)16-19-4-2-1-3-5-19/h1-9,20,22,26H,10-18H2/t22-/m1/s1. The fourth-order valence-electron chi connectivity index (χ4n) is 3.64. The number of aliphatic hydroxyl groups is 1. The lowest BCUT2D eigenvalue weighted by atomic mass is 9.90. The molecule has 1 aliphatic rings. The van der Waals surface area contributed by atoms with Crippen LogP contribution in [-0.2, 0) is 11.2 Å². The van der Waals surface area contributed by atoms with E-state index in [0.717, 1.165) is 29.2 Å². The van der Waals surface area contributed by atoms with Gasteiger partial charge in [0.1, 0.15) is 12.4 Å². The fraction of sp³-hybridized carbons (Fsp3) is 0.478. The summed E-state index contributed by atoms with van der Waals surface area (Å²) < 4.78 is 12.2. The highest BCUT2D eigenvalue weighted by Gasteiger charge is 2.21. The summed E-state index contributed by atoms with van der Waals surface area (Å²) in [6.45, 7) is 4.12. The monoisotopic (exact) mass is 447 g/mol. The zero-order valence-electron chi connectivity index (χ0n) is 16.3. The van der Waals surface area contributed by atoms with Crippen molar-refractivity contribution in [1.82, 2.24) is 4.90 Å². The number of rotatable bonds is 10. The molecule has 0 aromatic heterocycles. The van der Waals surface area contributed by atoms with Crippen molar-refractivity contribution in [2.75, 3.05) is 39.5 Å². The number of benzene rings is 2. The van der Waals surface area contributed by atoms with Crippen LogP contribution in [0.5, 0.6) is 5.75 Å². The first kappa shape index (κ1) is 21.3. The van der Waals surface area contributed by atoms with Crippen LogP contribution in [-0.4, -0.2) is 55.6 Å². The topological polar surface area (TPSA) is 41.9 Å². The molecule has 0 aliphatic carbocycles. The maximum atomic E-state index is 10.2. The summed E-state index contributed by atoms with van der Waals surface area (Å²) in [6, 6.07) is 18.5. The molecule has 1 aliphatic heterocycles. The van der Waals surface area contributed by atoms with E-state index in [9.17, 15) is 5.11 Å². The molecule has 2 aromatic carbocycles. The second-order valence-corrected chi connectivity index (χ2v) is 8.38. The molecule has 0 radical (unpaired) electrons. The van der Waals surface area contributed by atoms with Crippen LogP contribution in [0, 0.1) is 5.92 Å². The third kappa shape index (κ3) is 7.55. The van der Waals surface area contributed by atoms with Gasteiger partial charge in [-0.15, -0.1) is 0 Å². The Balaban J connectivity index is 1.24. The number of piperidine rings is 1. The summed E-state index contributed by atoms with van der Waals surface area (Å²) in [5.74, 6) is 1.58. The molecule has 152 valence electrons. The molecule has 0 saturated carbocycles.